The van der Waals surface area contributed by atoms with Crippen LogP contribution in [0.3, 0.4) is 0 Å². The standard InChI is InChI=1S/C51H31N5O/c1-4-13-41-37(10-1)38-11-2-5-14-42(38)55(41)36-25-23-33(24-26-36)32-19-21-34(22-20-32)35-30-53-44-16-9-17-45-48(44)51(54(53)31-35)49-46(57-45)28-27-40-39-12-3-6-15-43(39)56(50(40)49)47-18-7-8-29-52(47)51/h1-31H/q+2. The third kappa shape index (κ3) is 3.53. The molecule has 0 aliphatic carbocycles. The molecule has 3 aliphatic heterocycles. The Bertz CT molecular complexity index is 3500. The van der Waals surface area contributed by atoms with Crippen molar-refractivity contribution in [3.05, 3.63) is 200 Å². The van der Waals surface area contributed by atoms with E-state index < -0.39 is 5.66 Å². The highest BCUT2D eigenvalue weighted by Crippen LogP contribution is 2.55. The minimum Gasteiger partial charge on any atom is -0.456 e. The summed E-state index contributed by atoms with van der Waals surface area (Å²) in [7, 11) is 0. The fraction of sp³-hybridized carbons (Fsp3) is 0.0196. The first-order chi connectivity index (χ1) is 28.3. The van der Waals surface area contributed by atoms with Gasteiger partial charge < -0.3 is 9.30 Å². The predicted octanol–water partition coefficient (Wildman–Crippen LogP) is 10.6. The van der Waals surface area contributed by atoms with E-state index in [-0.39, 0.29) is 0 Å². The molecule has 57 heavy (non-hydrogen) atoms. The number of nitrogens with zero attached hydrogens (tertiary/aromatic N) is 5. The predicted molar refractivity (Wildman–Crippen MR) is 224 cm³/mol. The number of para-hydroxylation sites is 3. The van der Waals surface area contributed by atoms with E-state index in [2.05, 4.69) is 212 Å². The Balaban J connectivity index is 0.913. The van der Waals surface area contributed by atoms with E-state index in [1.165, 1.54) is 54.7 Å². The molecular formula is C51H31N5O+2. The summed E-state index contributed by atoms with van der Waals surface area (Å²) in [4.78, 5) is 0. The van der Waals surface area contributed by atoms with Crippen LogP contribution in [0.15, 0.2) is 188 Å². The monoisotopic (exact) mass is 729 g/mol. The lowest BCUT2D eigenvalue weighted by molar-refractivity contribution is -0.993. The summed E-state index contributed by atoms with van der Waals surface area (Å²) in [6.45, 7) is 0. The van der Waals surface area contributed by atoms with Gasteiger partial charge in [0.1, 0.15) is 28.3 Å². The lowest BCUT2D eigenvalue weighted by Gasteiger charge is -2.32. The molecule has 0 saturated heterocycles. The van der Waals surface area contributed by atoms with Crippen LogP contribution < -0.4 is 14.0 Å². The summed E-state index contributed by atoms with van der Waals surface area (Å²) in [5, 5.41) is 5.01. The molecule has 1 spiro atoms. The van der Waals surface area contributed by atoms with E-state index in [0.717, 1.165) is 50.9 Å². The molecule has 11 aromatic rings. The Morgan fingerprint density at radius 3 is 1.77 bits per heavy atom. The van der Waals surface area contributed by atoms with Crippen molar-refractivity contribution in [3.8, 4) is 50.9 Å². The zero-order valence-electron chi connectivity index (χ0n) is 30.5. The molecule has 6 heteroatoms. The molecule has 0 saturated carbocycles. The van der Waals surface area contributed by atoms with Gasteiger partial charge in [-0.2, -0.15) is 9.13 Å². The Morgan fingerprint density at radius 1 is 0.456 bits per heavy atom. The van der Waals surface area contributed by atoms with Crippen molar-refractivity contribution in [3.63, 3.8) is 0 Å². The molecule has 0 bridgehead atoms. The Kier molecular flexibility index (Phi) is 5.37. The number of ether oxygens (including phenoxy) is 1. The van der Waals surface area contributed by atoms with E-state index in [9.17, 15) is 0 Å². The summed E-state index contributed by atoms with van der Waals surface area (Å²) >= 11 is 0. The summed E-state index contributed by atoms with van der Waals surface area (Å²) < 4.78 is 18.8. The van der Waals surface area contributed by atoms with Gasteiger partial charge in [0.05, 0.1) is 29.0 Å². The smallest absolute Gasteiger partial charge is 0.397 e. The van der Waals surface area contributed by atoms with Gasteiger partial charge >= 0.3 is 5.66 Å². The minimum absolute atomic E-state index is 0.698. The van der Waals surface area contributed by atoms with Crippen molar-refractivity contribution in [1.82, 2.24) is 13.8 Å². The van der Waals surface area contributed by atoms with E-state index in [4.69, 9.17) is 4.74 Å². The van der Waals surface area contributed by atoms with Crippen LogP contribution in [0.25, 0.3) is 83.1 Å². The highest BCUT2D eigenvalue weighted by molar-refractivity contribution is 6.12. The fourth-order valence-electron chi connectivity index (χ4n) is 10.4. The van der Waals surface area contributed by atoms with Gasteiger partial charge in [0.15, 0.2) is 11.1 Å². The fourth-order valence-corrected chi connectivity index (χ4v) is 10.4. The van der Waals surface area contributed by atoms with Gasteiger partial charge in [-0.1, -0.05) is 102 Å². The van der Waals surface area contributed by atoms with Gasteiger partial charge in [-0.3, -0.25) is 0 Å². The third-order valence-electron chi connectivity index (χ3n) is 12.7. The van der Waals surface area contributed by atoms with E-state index in [1.54, 1.807) is 0 Å². The van der Waals surface area contributed by atoms with Crippen LogP contribution in [0.4, 0.5) is 0 Å². The first-order valence-electron chi connectivity index (χ1n) is 19.5. The average Bonchev–Trinajstić information content (AvgIpc) is 4.02. The van der Waals surface area contributed by atoms with Gasteiger partial charge in [-0.25, -0.2) is 0 Å². The number of hydrogen-bond donors (Lipinski definition) is 0. The first kappa shape index (κ1) is 29.6. The molecule has 3 aliphatic rings. The Morgan fingerprint density at radius 2 is 1.05 bits per heavy atom. The molecular weight excluding hydrogens is 699 g/mol. The zero-order chi connectivity index (χ0) is 37.0. The molecule has 0 amide bonds. The van der Waals surface area contributed by atoms with E-state index in [0.29, 0.717) is 0 Å². The third-order valence-corrected chi connectivity index (χ3v) is 12.7. The van der Waals surface area contributed by atoms with Crippen LogP contribution in [0.2, 0.25) is 0 Å². The lowest BCUT2D eigenvalue weighted by atomic mass is 9.84. The van der Waals surface area contributed by atoms with Crippen LogP contribution in [0.5, 0.6) is 11.5 Å². The molecule has 14 rings (SSSR count). The van der Waals surface area contributed by atoms with Crippen LogP contribution in [0, 0.1) is 0 Å². The second-order valence-electron chi connectivity index (χ2n) is 15.4. The van der Waals surface area contributed by atoms with Gasteiger partial charge in [0.2, 0.25) is 6.20 Å². The number of benzene rings is 7. The van der Waals surface area contributed by atoms with Crippen LogP contribution in [-0.4, -0.2) is 13.8 Å². The van der Waals surface area contributed by atoms with Crippen LogP contribution in [-0.2, 0) is 5.66 Å². The maximum atomic E-state index is 6.82. The first-order valence-corrected chi connectivity index (χ1v) is 19.5. The number of aromatic nitrogens is 5. The molecule has 0 fully saturated rings. The molecule has 7 heterocycles. The molecule has 264 valence electrons. The number of rotatable bonds is 3. The summed E-state index contributed by atoms with van der Waals surface area (Å²) in [6.07, 6.45) is 6.85. The highest BCUT2D eigenvalue weighted by atomic mass is 16.5. The summed E-state index contributed by atoms with van der Waals surface area (Å²) in [6, 6.07) is 61.4. The number of fused-ring (bicyclic) bond motifs is 10. The van der Waals surface area contributed by atoms with Crippen molar-refractivity contribution in [2.24, 2.45) is 0 Å². The van der Waals surface area contributed by atoms with Crippen molar-refractivity contribution < 1.29 is 14.0 Å². The largest absolute Gasteiger partial charge is 0.456 e. The SMILES string of the molecule is c1cc2c3c(c1)-n1cc(-c4ccc(-c5ccc(-n6c7ccccc7c7ccccc76)cc5)cc4)c[n+]1C31c3c(ccc4c5ccccc5n(c34)-c3cccc[n+]31)O2. The van der Waals surface area contributed by atoms with E-state index in [1.807, 2.05) is 0 Å². The van der Waals surface area contributed by atoms with Gasteiger partial charge in [0.25, 0.3) is 5.82 Å². The molecule has 6 nitrogen and oxygen atoms in total. The quantitative estimate of drug-likeness (QED) is 0.167. The normalized spacial score (nSPS) is 15.6. The molecule has 4 aromatic heterocycles. The van der Waals surface area contributed by atoms with Crippen molar-refractivity contribution in [2.45, 2.75) is 5.66 Å². The summed E-state index contributed by atoms with van der Waals surface area (Å²) in [5.74, 6) is 2.89. The second-order valence-corrected chi connectivity index (χ2v) is 15.4. The van der Waals surface area contributed by atoms with Crippen molar-refractivity contribution in [1.29, 1.82) is 0 Å². The molecule has 0 radical (unpaired) electrons. The zero-order valence-corrected chi connectivity index (χ0v) is 30.5. The number of pyridine rings is 1. The maximum Gasteiger partial charge on any atom is 0.397 e. The van der Waals surface area contributed by atoms with Crippen LogP contribution >= 0.6 is 0 Å². The minimum atomic E-state index is -0.698. The van der Waals surface area contributed by atoms with Crippen molar-refractivity contribution in [2.75, 3.05) is 0 Å². The number of hydrogen-bond acceptors (Lipinski definition) is 1. The van der Waals surface area contributed by atoms with Crippen molar-refractivity contribution >= 4 is 43.6 Å². The summed E-state index contributed by atoms with van der Waals surface area (Å²) in [5.41, 5.74) is 13.4. The van der Waals surface area contributed by atoms with E-state index >= 15 is 0 Å². The topological polar surface area (TPSA) is 31.8 Å². The van der Waals surface area contributed by atoms with Gasteiger partial charge in [0, 0.05) is 33.3 Å². The Labute approximate surface area is 326 Å². The van der Waals surface area contributed by atoms with Gasteiger partial charge in [-0.05, 0) is 83.4 Å². The highest BCUT2D eigenvalue weighted by Gasteiger charge is 2.68. The molecule has 0 N–H and O–H groups in total. The Hall–Kier alpha value is -7.70. The second kappa shape index (κ2) is 10.3. The maximum absolute atomic E-state index is 6.82. The molecule has 7 aromatic carbocycles. The lowest BCUT2D eigenvalue weighted by Crippen LogP contribution is -2.76. The van der Waals surface area contributed by atoms with Crippen LogP contribution in [0.1, 0.15) is 11.1 Å². The molecule has 1 unspecified atom stereocenters. The molecule has 1 atom stereocenters. The average molecular weight is 730 g/mol. The van der Waals surface area contributed by atoms with Gasteiger partial charge in [-0.15, -0.1) is 4.68 Å².